The van der Waals surface area contributed by atoms with Gasteiger partial charge in [0.05, 0.1) is 0 Å². The van der Waals surface area contributed by atoms with Gasteiger partial charge in [-0.2, -0.15) is 0 Å². The second kappa shape index (κ2) is 5.82. The van der Waals surface area contributed by atoms with Crippen LogP contribution >= 0.6 is 0 Å². The van der Waals surface area contributed by atoms with Gasteiger partial charge in [-0.3, -0.25) is 4.79 Å². The number of amides is 1. The number of carbonyl (C=O) groups excluding carboxylic acids is 1. The van der Waals surface area contributed by atoms with E-state index in [9.17, 15) is 4.79 Å². The highest BCUT2D eigenvalue weighted by Gasteiger charge is 2.26. The van der Waals surface area contributed by atoms with E-state index in [0.29, 0.717) is 12.3 Å². The molecule has 0 aliphatic heterocycles. The zero-order valence-corrected chi connectivity index (χ0v) is 13.2. The van der Waals surface area contributed by atoms with E-state index in [4.69, 9.17) is 5.73 Å². The summed E-state index contributed by atoms with van der Waals surface area (Å²) >= 11 is 0. The molecule has 2 atom stereocenters. The number of fused-ring (bicyclic) bond motifs is 3. The third-order valence-electron chi connectivity index (χ3n) is 5.24. The highest BCUT2D eigenvalue weighted by Crippen LogP contribution is 2.37. The molecule has 1 amide bonds. The van der Waals surface area contributed by atoms with Crippen LogP contribution in [0.5, 0.6) is 0 Å². The Bertz CT molecular complexity index is 753. The fraction of sp³-hybridized carbons (Fsp3) is 0.350. The highest BCUT2D eigenvalue weighted by atomic mass is 16.1. The molecule has 118 valence electrons. The van der Waals surface area contributed by atoms with Crippen LogP contribution < -0.4 is 11.1 Å². The van der Waals surface area contributed by atoms with E-state index < -0.39 is 0 Å². The predicted octanol–water partition coefficient (Wildman–Crippen LogP) is 3.71. The first-order valence-electron chi connectivity index (χ1n) is 8.47. The second-order valence-corrected chi connectivity index (χ2v) is 6.81. The molecule has 1 saturated carbocycles. The summed E-state index contributed by atoms with van der Waals surface area (Å²) in [7, 11) is 0. The first-order chi connectivity index (χ1) is 11.2. The lowest BCUT2D eigenvalue weighted by Gasteiger charge is -2.15. The Balaban J connectivity index is 1.47. The first kappa shape index (κ1) is 14.5. The summed E-state index contributed by atoms with van der Waals surface area (Å²) in [4.78, 5) is 12.3. The summed E-state index contributed by atoms with van der Waals surface area (Å²) in [6.45, 7) is 0. The maximum atomic E-state index is 12.3. The van der Waals surface area contributed by atoms with Crippen molar-refractivity contribution in [3.8, 4) is 11.1 Å². The van der Waals surface area contributed by atoms with Crippen LogP contribution in [0.1, 0.15) is 36.8 Å². The van der Waals surface area contributed by atoms with Crippen molar-refractivity contribution in [1.29, 1.82) is 0 Å². The van der Waals surface area contributed by atoms with Gasteiger partial charge >= 0.3 is 0 Å². The van der Waals surface area contributed by atoms with Crippen molar-refractivity contribution < 1.29 is 4.79 Å². The molecular weight excluding hydrogens is 284 g/mol. The Morgan fingerprint density at radius 1 is 1.09 bits per heavy atom. The average molecular weight is 306 g/mol. The molecule has 3 N–H and O–H groups in total. The molecule has 0 saturated heterocycles. The molecule has 0 heterocycles. The SMILES string of the molecule is N[C@@H]1CCC[C@H]1CC(=O)Nc1ccc2c(c1)Cc1ccccc1-2. The number of hydrogen-bond donors (Lipinski definition) is 2. The quantitative estimate of drug-likeness (QED) is 0.775. The van der Waals surface area contributed by atoms with Gasteiger partial charge in [-0.05, 0) is 59.6 Å². The molecular formula is C20H22N2O. The van der Waals surface area contributed by atoms with Gasteiger partial charge in [0, 0.05) is 18.2 Å². The molecule has 1 fully saturated rings. The molecule has 3 nitrogen and oxygen atoms in total. The van der Waals surface area contributed by atoms with Crippen molar-refractivity contribution in [3.63, 3.8) is 0 Å². The number of rotatable bonds is 3. The number of nitrogens with two attached hydrogens (primary N) is 1. The lowest BCUT2D eigenvalue weighted by molar-refractivity contribution is -0.117. The van der Waals surface area contributed by atoms with E-state index in [1.165, 1.54) is 22.3 Å². The third kappa shape index (κ3) is 2.77. The molecule has 23 heavy (non-hydrogen) atoms. The van der Waals surface area contributed by atoms with Crippen molar-refractivity contribution >= 4 is 11.6 Å². The molecule has 2 aromatic carbocycles. The minimum atomic E-state index is 0.0859. The zero-order chi connectivity index (χ0) is 15.8. The van der Waals surface area contributed by atoms with Crippen molar-refractivity contribution in [3.05, 3.63) is 53.6 Å². The topological polar surface area (TPSA) is 55.1 Å². The molecule has 3 heteroatoms. The lowest BCUT2D eigenvalue weighted by Crippen LogP contribution is -2.28. The van der Waals surface area contributed by atoms with Gasteiger partial charge in [-0.25, -0.2) is 0 Å². The molecule has 0 bridgehead atoms. The van der Waals surface area contributed by atoms with Crippen LogP contribution in [0.2, 0.25) is 0 Å². The molecule has 4 rings (SSSR count). The van der Waals surface area contributed by atoms with Crippen molar-refractivity contribution in [2.45, 2.75) is 38.1 Å². The van der Waals surface area contributed by atoms with Crippen molar-refractivity contribution in [2.75, 3.05) is 5.32 Å². The van der Waals surface area contributed by atoms with Crippen LogP contribution in [-0.4, -0.2) is 11.9 Å². The van der Waals surface area contributed by atoms with Gasteiger partial charge in [-0.15, -0.1) is 0 Å². The average Bonchev–Trinajstić information content (AvgIpc) is 3.10. The molecule has 2 aliphatic carbocycles. The van der Waals surface area contributed by atoms with Gasteiger partial charge < -0.3 is 11.1 Å². The van der Waals surface area contributed by atoms with Crippen LogP contribution in [-0.2, 0) is 11.2 Å². The summed E-state index contributed by atoms with van der Waals surface area (Å²) in [5.74, 6) is 0.427. The molecule has 0 unspecified atom stereocenters. The van der Waals surface area contributed by atoms with Crippen LogP contribution in [0, 0.1) is 5.92 Å². The Kier molecular flexibility index (Phi) is 3.66. The summed E-state index contributed by atoms with van der Waals surface area (Å²) in [5, 5.41) is 3.05. The fourth-order valence-electron chi connectivity index (χ4n) is 3.99. The first-order valence-corrected chi connectivity index (χ1v) is 8.47. The molecule has 0 radical (unpaired) electrons. The van der Waals surface area contributed by atoms with Crippen LogP contribution in [0.4, 0.5) is 5.69 Å². The van der Waals surface area contributed by atoms with Gasteiger partial charge in [-0.1, -0.05) is 36.8 Å². The Morgan fingerprint density at radius 3 is 2.74 bits per heavy atom. The van der Waals surface area contributed by atoms with Crippen molar-refractivity contribution in [2.24, 2.45) is 11.7 Å². The van der Waals surface area contributed by atoms with Crippen molar-refractivity contribution in [1.82, 2.24) is 0 Å². The summed E-state index contributed by atoms with van der Waals surface area (Å²) < 4.78 is 0. The van der Waals surface area contributed by atoms with Crippen LogP contribution in [0.15, 0.2) is 42.5 Å². The summed E-state index contributed by atoms with van der Waals surface area (Å²) in [6, 6.07) is 14.9. The monoisotopic (exact) mass is 306 g/mol. The number of hydrogen-bond acceptors (Lipinski definition) is 2. The summed E-state index contributed by atoms with van der Waals surface area (Å²) in [6.07, 6.45) is 4.76. The van der Waals surface area contributed by atoms with Gasteiger partial charge in [0.1, 0.15) is 0 Å². The number of anilines is 1. The number of benzene rings is 2. The smallest absolute Gasteiger partial charge is 0.224 e. The van der Waals surface area contributed by atoms with E-state index in [1.807, 2.05) is 6.07 Å². The minimum absolute atomic E-state index is 0.0859. The normalized spacial score (nSPS) is 21.8. The van der Waals surface area contributed by atoms with Gasteiger partial charge in [0.2, 0.25) is 5.91 Å². The molecule has 2 aromatic rings. The van der Waals surface area contributed by atoms with Crippen LogP contribution in [0.25, 0.3) is 11.1 Å². The molecule has 2 aliphatic rings. The van der Waals surface area contributed by atoms with Gasteiger partial charge in [0.25, 0.3) is 0 Å². The maximum Gasteiger partial charge on any atom is 0.224 e. The van der Waals surface area contributed by atoms with E-state index in [1.54, 1.807) is 0 Å². The highest BCUT2D eigenvalue weighted by molar-refractivity contribution is 5.92. The third-order valence-corrected chi connectivity index (χ3v) is 5.24. The lowest BCUT2D eigenvalue weighted by atomic mass is 9.99. The zero-order valence-electron chi connectivity index (χ0n) is 13.2. The standard InChI is InChI=1S/C20H22N2O/c21-19-7-3-5-14(19)12-20(23)22-16-8-9-18-15(11-16)10-13-4-1-2-6-17(13)18/h1-2,4,6,8-9,11,14,19H,3,5,7,10,12,21H2,(H,22,23)/t14-,19+/m0/s1. The summed E-state index contributed by atoms with van der Waals surface area (Å²) in [5.41, 5.74) is 12.2. The maximum absolute atomic E-state index is 12.3. The Morgan fingerprint density at radius 2 is 1.91 bits per heavy atom. The van der Waals surface area contributed by atoms with E-state index in [0.717, 1.165) is 31.4 Å². The minimum Gasteiger partial charge on any atom is -0.327 e. The van der Waals surface area contributed by atoms with Crippen LogP contribution in [0.3, 0.4) is 0 Å². The second-order valence-electron chi connectivity index (χ2n) is 6.81. The molecule has 0 spiro atoms. The van der Waals surface area contributed by atoms with Gasteiger partial charge in [0.15, 0.2) is 0 Å². The van der Waals surface area contributed by atoms with E-state index in [2.05, 4.69) is 41.7 Å². The van der Waals surface area contributed by atoms with E-state index in [-0.39, 0.29) is 11.9 Å². The fourth-order valence-corrected chi connectivity index (χ4v) is 3.99. The predicted molar refractivity (Wildman–Crippen MR) is 93.2 cm³/mol. The molecule has 0 aromatic heterocycles. The number of nitrogens with one attached hydrogen (secondary N) is 1. The van der Waals surface area contributed by atoms with E-state index >= 15 is 0 Å². The Labute approximate surface area is 136 Å². The largest absolute Gasteiger partial charge is 0.327 e. The Hall–Kier alpha value is -2.13. The number of carbonyl (C=O) groups is 1.